The fourth-order valence-corrected chi connectivity index (χ4v) is 3.11. The van der Waals surface area contributed by atoms with E-state index in [9.17, 15) is 4.79 Å². The Bertz CT molecular complexity index is 847. The second kappa shape index (κ2) is 5.52. The molecule has 0 unspecified atom stereocenters. The van der Waals surface area contributed by atoms with Crippen LogP contribution in [0.2, 0.25) is 10.0 Å². The van der Waals surface area contributed by atoms with Crippen molar-refractivity contribution >= 4 is 61.5 Å². The third kappa shape index (κ3) is 2.95. The number of thiazole rings is 1. The standard InChI is InChI=1S/C14H9Cl2N3OS/c15-8-2-4-11-12(6-8)21-14(18-11)19-13(20)7-1-3-10(17)9(16)5-7/h1-6H,17H2,(H,18,19,20). The van der Waals surface area contributed by atoms with Crippen molar-refractivity contribution in [3.63, 3.8) is 0 Å². The topological polar surface area (TPSA) is 68.0 Å². The molecule has 4 nitrogen and oxygen atoms in total. The lowest BCUT2D eigenvalue weighted by atomic mass is 10.2. The smallest absolute Gasteiger partial charge is 0.257 e. The maximum absolute atomic E-state index is 12.2. The molecule has 0 saturated heterocycles. The summed E-state index contributed by atoms with van der Waals surface area (Å²) in [5, 5.41) is 4.22. The molecular weight excluding hydrogens is 329 g/mol. The minimum absolute atomic E-state index is 0.290. The average molecular weight is 338 g/mol. The van der Waals surface area contributed by atoms with Gasteiger partial charge in [0.15, 0.2) is 5.13 Å². The van der Waals surface area contributed by atoms with Gasteiger partial charge in [-0.2, -0.15) is 0 Å². The summed E-state index contributed by atoms with van der Waals surface area (Å²) in [4.78, 5) is 16.5. The van der Waals surface area contributed by atoms with Crippen molar-refractivity contribution in [2.75, 3.05) is 11.1 Å². The van der Waals surface area contributed by atoms with Gasteiger partial charge in [-0.15, -0.1) is 0 Å². The highest BCUT2D eigenvalue weighted by Gasteiger charge is 2.11. The highest BCUT2D eigenvalue weighted by Crippen LogP contribution is 2.29. The Labute approximate surface area is 134 Å². The predicted molar refractivity (Wildman–Crippen MR) is 88.4 cm³/mol. The van der Waals surface area contributed by atoms with Crippen LogP contribution in [0.5, 0.6) is 0 Å². The molecule has 0 fully saturated rings. The van der Waals surface area contributed by atoms with Crippen molar-refractivity contribution in [3.8, 4) is 0 Å². The van der Waals surface area contributed by atoms with Crippen molar-refractivity contribution in [2.45, 2.75) is 0 Å². The molecule has 0 radical (unpaired) electrons. The molecule has 3 N–H and O–H groups in total. The average Bonchev–Trinajstić information content (AvgIpc) is 2.83. The van der Waals surface area contributed by atoms with Crippen molar-refractivity contribution < 1.29 is 4.79 Å². The first-order valence-corrected chi connectivity index (χ1v) is 7.52. The molecule has 7 heteroatoms. The molecule has 1 aromatic heterocycles. The largest absolute Gasteiger partial charge is 0.398 e. The molecule has 0 aliphatic rings. The molecule has 106 valence electrons. The number of nitrogens with one attached hydrogen (secondary N) is 1. The van der Waals surface area contributed by atoms with Gasteiger partial charge in [0, 0.05) is 10.6 Å². The number of amides is 1. The molecule has 21 heavy (non-hydrogen) atoms. The summed E-state index contributed by atoms with van der Waals surface area (Å²) >= 11 is 13.2. The number of carbonyl (C=O) groups excluding carboxylic acids is 1. The van der Waals surface area contributed by atoms with Crippen LogP contribution in [-0.2, 0) is 0 Å². The number of benzene rings is 2. The van der Waals surface area contributed by atoms with E-state index in [1.807, 2.05) is 12.1 Å². The van der Waals surface area contributed by atoms with Crippen LogP contribution < -0.4 is 11.1 Å². The zero-order valence-electron chi connectivity index (χ0n) is 10.6. The van der Waals surface area contributed by atoms with E-state index in [1.54, 1.807) is 18.2 Å². The van der Waals surface area contributed by atoms with Crippen LogP contribution >= 0.6 is 34.5 Å². The van der Waals surface area contributed by atoms with Gasteiger partial charge in [-0.3, -0.25) is 10.1 Å². The molecule has 0 saturated carbocycles. The van der Waals surface area contributed by atoms with Crippen molar-refractivity contribution in [2.24, 2.45) is 0 Å². The van der Waals surface area contributed by atoms with Crippen LogP contribution in [0.4, 0.5) is 10.8 Å². The first-order valence-electron chi connectivity index (χ1n) is 5.95. The highest BCUT2D eigenvalue weighted by molar-refractivity contribution is 7.22. The molecule has 0 atom stereocenters. The minimum atomic E-state index is -0.290. The van der Waals surface area contributed by atoms with E-state index in [4.69, 9.17) is 28.9 Å². The monoisotopic (exact) mass is 337 g/mol. The van der Waals surface area contributed by atoms with E-state index in [-0.39, 0.29) is 5.91 Å². The summed E-state index contributed by atoms with van der Waals surface area (Å²) in [7, 11) is 0. The molecule has 1 heterocycles. The number of aromatic nitrogens is 1. The minimum Gasteiger partial charge on any atom is -0.398 e. The fourth-order valence-electron chi connectivity index (χ4n) is 1.79. The molecule has 0 spiro atoms. The molecule has 1 amide bonds. The van der Waals surface area contributed by atoms with E-state index in [1.165, 1.54) is 17.4 Å². The summed E-state index contributed by atoms with van der Waals surface area (Å²) in [6.45, 7) is 0. The van der Waals surface area contributed by atoms with Crippen LogP contribution in [0.15, 0.2) is 36.4 Å². The Balaban J connectivity index is 1.87. The lowest BCUT2D eigenvalue weighted by Gasteiger charge is -2.03. The Morgan fingerprint density at radius 1 is 1.19 bits per heavy atom. The lowest BCUT2D eigenvalue weighted by molar-refractivity contribution is 0.102. The van der Waals surface area contributed by atoms with Gasteiger partial charge in [-0.05, 0) is 36.4 Å². The normalized spacial score (nSPS) is 10.8. The zero-order chi connectivity index (χ0) is 15.0. The number of hydrogen-bond donors (Lipinski definition) is 2. The molecule has 0 aliphatic heterocycles. The van der Waals surface area contributed by atoms with Gasteiger partial charge in [0.25, 0.3) is 5.91 Å². The quantitative estimate of drug-likeness (QED) is 0.679. The molecule has 0 bridgehead atoms. The lowest BCUT2D eigenvalue weighted by Crippen LogP contribution is -2.11. The van der Waals surface area contributed by atoms with Crippen molar-refractivity contribution in [1.29, 1.82) is 0 Å². The first kappa shape index (κ1) is 14.1. The van der Waals surface area contributed by atoms with Crippen LogP contribution in [0.1, 0.15) is 10.4 Å². The number of nitrogens with two attached hydrogens (primary N) is 1. The number of halogens is 2. The fraction of sp³-hybridized carbons (Fsp3) is 0. The summed E-state index contributed by atoms with van der Waals surface area (Å²) in [5.41, 5.74) is 7.26. The number of carbonyl (C=O) groups is 1. The Morgan fingerprint density at radius 3 is 2.76 bits per heavy atom. The van der Waals surface area contributed by atoms with Gasteiger partial charge in [-0.1, -0.05) is 34.5 Å². The van der Waals surface area contributed by atoms with Crippen molar-refractivity contribution in [1.82, 2.24) is 4.98 Å². The summed E-state index contributed by atoms with van der Waals surface area (Å²) in [6, 6.07) is 10.1. The Morgan fingerprint density at radius 2 is 2.00 bits per heavy atom. The van der Waals surface area contributed by atoms with E-state index in [0.29, 0.717) is 26.4 Å². The number of rotatable bonds is 2. The molecule has 3 rings (SSSR count). The van der Waals surface area contributed by atoms with Gasteiger partial charge in [0.05, 0.1) is 20.9 Å². The van der Waals surface area contributed by atoms with Crippen molar-refractivity contribution in [3.05, 3.63) is 52.0 Å². The number of anilines is 2. The van der Waals surface area contributed by atoms with Gasteiger partial charge in [0.1, 0.15) is 0 Å². The Kier molecular flexibility index (Phi) is 3.71. The van der Waals surface area contributed by atoms with Crippen LogP contribution in [-0.4, -0.2) is 10.9 Å². The van der Waals surface area contributed by atoms with Gasteiger partial charge >= 0.3 is 0 Å². The zero-order valence-corrected chi connectivity index (χ0v) is 12.9. The second-order valence-electron chi connectivity index (χ2n) is 4.32. The molecule has 2 aromatic carbocycles. The third-order valence-electron chi connectivity index (χ3n) is 2.83. The SMILES string of the molecule is Nc1ccc(C(=O)Nc2nc3ccc(Cl)cc3s2)cc1Cl. The van der Waals surface area contributed by atoms with Crippen LogP contribution in [0.3, 0.4) is 0 Å². The molecule has 0 aliphatic carbocycles. The first-order chi connectivity index (χ1) is 10.0. The van der Waals surface area contributed by atoms with Crippen LogP contribution in [0, 0.1) is 0 Å². The third-order valence-corrected chi connectivity index (χ3v) is 4.33. The van der Waals surface area contributed by atoms with E-state index >= 15 is 0 Å². The van der Waals surface area contributed by atoms with Gasteiger partial charge < -0.3 is 5.73 Å². The highest BCUT2D eigenvalue weighted by atomic mass is 35.5. The summed E-state index contributed by atoms with van der Waals surface area (Å²) < 4.78 is 0.910. The predicted octanol–water partition coefficient (Wildman–Crippen LogP) is 4.44. The molecular formula is C14H9Cl2N3OS. The van der Waals surface area contributed by atoms with Gasteiger partial charge in [0.2, 0.25) is 0 Å². The number of hydrogen-bond acceptors (Lipinski definition) is 4. The maximum atomic E-state index is 12.2. The van der Waals surface area contributed by atoms with E-state index in [0.717, 1.165) is 10.2 Å². The number of nitrogen functional groups attached to an aromatic ring is 1. The van der Waals surface area contributed by atoms with Crippen LogP contribution in [0.25, 0.3) is 10.2 Å². The maximum Gasteiger partial charge on any atom is 0.257 e. The van der Waals surface area contributed by atoms with Gasteiger partial charge in [-0.25, -0.2) is 4.98 Å². The summed E-state index contributed by atoms with van der Waals surface area (Å²) in [5.74, 6) is -0.290. The molecule has 3 aromatic rings. The number of fused-ring (bicyclic) bond motifs is 1. The van der Waals surface area contributed by atoms with E-state index in [2.05, 4.69) is 10.3 Å². The second-order valence-corrected chi connectivity index (χ2v) is 6.20. The van der Waals surface area contributed by atoms with E-state index < -0.39 is 0 Å². The number of nitrogens with zero attached hydrogens (tertiary/aromatic N) is 1. The Hall–Kier alpha value is -1.82. The summed E-state index contributed by atoms with van der Waals surface area (Å²) in [6.07, 6.45) is 0.